The Kier molecular flexibility index (Phi) is 3.31. The molecule has 0 saturated heterocycles. The van der Waals surface area contributed by atoms with Gasteiger partial charge in [0.1, 0.15) is 0 Å². The van der Waals surface area contributed by atoms with Gasteiger partial charge in [0, 0.05) is 19.5 Å². The third kappa shape index (κ3) is 2.21. The van der Waals surface area contributed by atoms with Gasteiger partial charge in [-0.25, -0.2) is 4.98 Å². The van der Waals surface area contributed by atoms with Crippen LogP contribution < -0.4 is 0 Å². The predicted octanol–water partition coefficient (Wildman–Crippen LogP) is 1.29. The number of nitrogens with zero attached hydrogens (tertiary/aromatic N) is 2. The number of oxazole rings is 1. The number of aromatic nitrogens is 1. The molecule has 72 valence electrons. The van der Waals surface area contributed by atoms with Crippen LogP contribution >= 0.6 is 11.6 Å². The van der Waals surface area contributed by atoms with Crippen molar-refractivity contribution in [2.45, 2.75) is 6.92 Å². The van der Waals surface area contributed by atoms with E-state index in [1.54, 1.807) is 14.0 Å². The molecule has 0 aliphatic carbocycles. The fourth-order valence-corrected chi connectivity index (χ4v) is 1.16. The van der Waals surface area contributed by atoms with E-state index in [0.29, 0.717) is 18.1 Å². The molecule has 0 atom stereocenters. The van der Waals surface area contributed by atoms with Crippen molar-refractivity contribution in [3.05, 3.63) is 17.8 Å². The second-order valence-corrected chi connectivity index (χ2v) is 3.06. The van der Waals surface area contributed by atoms with Crippen LogP contribution in [0, 0.1) is 6.92 Å². The zero-order valence-electron chi connectivity index (χ0n) is 7.58. The summed E-state index contributed by atoms with van der Waals surface area (Å²) in [5.41, 5.74) is 0.603. The van der Waals surface area contributed by atoms with E-state index in [-0.39, 0.29) is 11.7 Å². The Morgan fingerprint density at radius 1 is 1.77 bits per heavy atom. The summed E-state index contributed by atoms with van der Waals surface area (Å²) in [5, 5.41) is 0. The van der Waals surface area contributed by atoms with E-state index in [4.69, 9.17) is 16.0 Å². The lowest BCUT2D eigenvalue weighted by Crippen LogP contribution is -2.28. The van der Waals surface area contributed by atoms with Gasteiger partial charge in [0.25, 0.3) is 5.91 Å². The molecule has 1 aromatic heterocycles. The number of halogens is 1. The Morgan fingerprint density at radius 2 is 2.46 bits per heavy atom. The van der Waals surface area contributed by atoms with Crippen LogP contribution in [0.3, 0.4) is 0 Å². The molecule has 5 heteroatoms. The number of hydrogen-bond acceptors (Lipinski definition) is 3. The van der Waals surface area contributed by atoms with Gasteiger partial charge < -0.3 is 9.32 Å². The van der Waals surface area contributed by atoms with Crippen LogP contribution in [-0.4, -0.2) is 35.3 Å². The van der Waals surface area contributed by atoms with Gasteiger partial charge in [-0.3, -0.25) is 4.79 Å². The lowest BCUT2D eigenvalue weighted by Gasteiger charge is -2.13. The molecule has 4 nitrogen and oxygen atoms in total. The van der Waals surface area contributed by atoms with Crippen molar-refractivity contribution in [2.24, 2.45) is 0 Å². The van der Waals surface area contributed by atoms with Crippen molar-refractivity contribution in [3.63, 3.8) is 0 Å². The van der Waals surface area contributed by atoms with Gasteiger partial charge >= 0.3 is 0 Å². The van der Waals surface area contributed by atoms with E-state index in [0.717, 1.165) is 0 Å². The van der Waals surface area contributed by atoms with Crippen LogP contribution in [0.2, 0.25) is 0 Å². The predicted molar refractivity (Wildman–Crippen MR) is 48.9 cm³/mol. The lowest BCUT2D eigenvalue weighted by atomic mass is 10.3. The fraction of sp³-hybridized carbons (Fsp3) is 0.500. The number of carbonyl (C=O) groups excluding carboxylic acids is 1. The first-order valence-corrected chi connectivity index (χ1v) is 4.41. The molecule has 0 aromatic carbocycles. The molecule has 0 spiro atoms. The number of alkyl halides is 1. The van der Waals surface area contributed by atoms with Crippen molar-refractivity contribution >= 4 is 17.5 Å². The Bertz CT molecular complexity index is 298. The standard InChI is InChI=1S/C8H11ClN2O2/c1-6-7(13-5-10-6)8(12)11(2)4-3-9/h5H,3-4H2,1-2H3. The molecule has 1 aromatic rings. The highest BCUT2D eigenvalue weighted by molar-refractivity contribution is 6.18. The molecule has 0 fully saturated rings. The highest BCUT2D eigenvalue weighted by atomic mass is 35.5. The largest absolute Gasteiger partial charge is 0.438 e. The third-order valence-electron chi connectivity index (χ3n) is 1.71. The summed E-state index contributed by atoms with van der Waals surface area (Å²) in [6, 6.07) is 0. The molecule has 1 rings (SSSR count). The number of amides is 1. The van der Waals surface area contributed by atoms with E-state index in [1.165, 1.54) is 11.3 Å². The maximum Gasteiger partial charge on any atom is 0.291 e. The second kappa shape index (κ2) is 4.28. The Labute approximate surface area is 81.5 Å². The second-order valence-electron chi connectivity index (χ2n) is 2.68. The van der Waals surface area contributed by atoms with Crippen molar-refractivity contribution in [3.8, 4) is 0 Å². The van der Waals surface area contributed by atoms with Crippen molar-refractivity contribution in [1.29, 1.82) is 0 Å². The molecule has 0 bridgehead atoms. The number of rotatable bonds is 3. The van der Waals surface area contributed by atoms with Gasteiger partial charge in [0.15, 0.2) is 6.39 Å². The van der Waals surface area contributed by atoms with E-state index in [1.807, 2.05) is 0 Å². The molecule has 0 unspecified atom stereocenters. The van der Waals surface area contributed by atoms with Crippen molar-refractivity contribution < 1.29 is 9.21 Å². The molecule has 0 aliphatic rings. The minimum Gasteiger partial charge on any atom is -0.438 e. The van der Waals surface area contributed by atoms with Crippen LogP contribution in [0.15, 0.2) is 10.8 Å². The summed E-state index contributed by atoms with van der Waals surface area (Å²) >= 11 is 5.50. The van der Waals surface area contributed by atoms with Gasteiger partial charge in [-0.15, -0.1) is 11.6 Å². The van der Waals surface area contributed by atoms with Gasteiger partial charge in [-0.2, -0.15) is 0 Å². The molecule has 1 amide bonds. The molecule has 0 aliphatic heterocycles. The molecule has 0 radical (unpaired) electrons. The number of hydrogen-bond donors (Lipinski definition) is 0. The molecule has 1 heterocycles. The van der Waals surface area contributed by atoms with Gasteiger partial charge in [-0.05, 0) is 6.92 Å². The number of carbonyl (C=O) groups is 1. The normalized spacial score (nSPS) is 10.1. The van der Waals surface area contributed by atoms with E-state index >= 15 is 0 Å². The van der Waals surface area contributed by atoms with Gasteiger partial charge in [0.2, 0.25) is 5.76 Å². The van der Waals surface area contributed by atoms with Gasteiger partial charge in [-0.1, -0.05) is 0 Å². The Morgan fingerprint density at radius 3 is 2.92 bits per heavy atom. The summed E-state index contributed by atoms with van der Waals surface area (Å²) in [4.78, 5) is 16.9. The summed E-state index contributed by atoms with van der Waals surface area (Å²) in [6.45, 7) is 2.23. The fourth-order valence-electron chi connectivity index (χ4n) is 0.909. The van der Waals surface area contributed by atoms with E-state index in [2.05, 4.69) is 4.98 Å². The lowest BCUT2D eigenvalue weighted by molar-refractivity contribution is 0.0771. The average molecular weight is 203 g/mol. The summed E-state index contributed by atoms with van der Waals surface area (Å²) in [7, 11) is 1.67. The first-order valence-electron chi connectivity index (χ1n) is 3.88. The van der Waals surface area contributed by atoms with Crippen LogP contribution in [0.4, 0.5) is 0 Å². The monoisotopic (exact) mass is 202 g/mol. The highest BCUT2D eigenvalue weighted by Crippen LogP contribution is 2.07. The Hall–Kier alpha value is -1.03. The first kappa shape index (κ1) is 10.1. The maximum atomic E-state index is 11.6. The third-order valence-corrected chi connectivity index (χ3v) is 1.88. The van der Waals surface area contributed by atoms with Crippen LogP contribution in [0.1, 0.15) is 16.2 Å². The average Bonchev–Trinajstić information content (AvgIpc) is 2.50. The van der Waals surface area contributed by atoms with Crippen LogP contribution in [0.5, 0.6) is 0 Å². The van der Waals surface area contributed by atoms with Crippen LogP contribution in [-0.2, 0) is 0 Å². The first-order chi connectivity index (χ1) is 6.16. The van der Waals surface area contributed by atoms with Crippen molar-refractivity contribution in [1.82, 2.24) is 9.88 Å². The smallest absolute Gasteiger partial charge is 0.291 e. The molecule has 0 saturated carbocycles. The highest BCUT2D eigenvalue weighted by Gasteiger charge is 2.17. The van der Waals surface area contributed by atoms with Gasteiger partial charge in [0.05, 0.1) is 5.69 Å². The summed E-state index contributed by atoms with van der Waals surface area (Å²) in [5.74, 6) is 0.512. The summed E-state index contributed by atoms with van der Waals surface area (Å²) in [6.07, 6.45) is 1.26. The zero-order valence-corrected chi connectivity index (χ0v) is 8.34. The molecular formula is C8H11ClN2O2. The van der Waals surface area contributed by atoms with Crippen molar-refractivity contribution in [2.75, 3.05) is 19.5 Å². The van der Waals surface area contributed by atoms with E-state index < -0.39 is 0 Å². The number of aryl methyl sites for hydroxylation is 1. The Balaban J connectivity index is 2.73. The minimum absolute atomic E-state index is 0.185. The molecule has 0 N–H and O–H groups in total. The zero-order chi connectivity index (χ0) is 9.84. The molecular weight excluding hydrogens is 192 g/mol. The SMILES string of the molecule is Cc1ncoc1C(=O)N(C)CCCl. The minimum atomic E-state index is -0.185. The quantitative estimate of drug-likeness (QED) is 0.694. The maximum absolute atomic E-state index is 11.6. The summed E-state index contributed by atoms with van der Waals surface area (Å²) < 4.78 is 4.95. The van der Waals surface area contributed by atoms with E-state index in [9.17, 15) is 4.79 Å². The van der Waals surface area contributed by atoms with Crippen LogP contribution in [0.25, 0.3) is 0 Å². The topological polar surface area (TPSA) is 46.3 Å². The molecule has 13 heavy (non-hydrogen) atoms.